The molecule has 27 heavy (non-hydrogen) atoms. The third-order valence-electron chi connectivity index (χ3n) is 5.38. The molecule has 2 aliphatic rings. The molecule has 0 amide bonds. The summed E-state index contributed by atoms with van der Waals surface area (Å²) in [5.74, 6) is 0.198. The average molecular weight is 383 g/mol. The smallest absolute Gasteiger partial charge is 0.270 e. The Bertz CT molecular complexity index is 1040. The monoisotopic (exact) mass is 383 g/mol. The van der Waals surface area contributed by atoms with Gasteiger partial charge in [0.25, 0.3) is 5.56 Å². The molecule has 0 radical (unpaired) electrons. The number of thiophene rings is 1. The maximum Gasteiger partial charge on any atom is 0.270 e. The van der Waals surface area contributed by atoms with Crippen LogP contribution in [0.2, 0.25) is 0 Å². The van der Waals surface area contributed by atoms with Crippen molar-refractivity contribution in [2.45, 2.75) is 25.6 Å². The second-order valence-corrected chi connectivity index (χ2v) is 8.06. The molecule has 3 aromatic rings. The number of aromatic nitrogens is 2. The number of benzene rings is 1. The van der Waals surface area contributed by atoms with Crippen molar-refractivity contribution in [2.75, 3.05) is 31.2 Å². The summed E-state index contributed by atoms with van der Waals surface area (Å²) < 4.78 is 12.3. The number of hydrogen-bond acceptors (Lipinski definition) is 6. The van der Waals surface area contributed by atoms with Crippen molar-refractivity contribution in [1.82, 2.24) is 9.97 Å². The summed E-state index contributed by atoms with van der Waals surface area (Å²) in [5, 5.41) is 2.02. The summed E-state index contributed by atoms with van der Waals surface area (Å²) in [7, 11) is 0. The number of hydrogen-bond donors (Lipinski definition) is 1. The summed E-state index contributed by atoms with van der Waals surface area (Å²) in [5.41, 5.74) is 4.00. The van der Waals surface area contributed by atoms with Crippen molar-refractivity contribution >= 4 is 27.5 Å². The third kappa shape index (κ3) is 2.96. The van der Waals surface area contributed by atoms with E-state index in [1.807, 2.05) is 11.4 Å². The Kier molecular flexibility index (Phi) is 4.03. The molecule has 1 aromatic carbocycles. The first kappa shape index (κ1) is 16.9. The SMILES string of the molecule is Cc1cccc(-c2csc3c(=O)[nH]c(N4CCC5(CC4)OCCO5)nc23)c1. The van der Waals surface area contributed by atoms with Gasteiger partial charge < -0.3 is 14.4 Å². The normalized spacial score (nSPS) is 19.2. The lowest BCUT2D eigenvalue weighted by molar-refractivity contribution is -0.169. The number of rotatable bonds is 2. The van der Waals surface area contributed by atoms with Gasteiger partial charge in [-0.1, -0.05) is 29.8 Å². The number of ether oxygens (including phenoxy) is 2. The van der Waals surface area contributed by atoms with Crippen LogP contribution in [0.15, 0.2) is 34.4 Å². The van der Waals surface area contributed by atoms with Crippen LogP contribution < -0.4 is 10.5 Å². The molecule has 2 aliphatic heterocycles. The molecule has 2 aromatic heterocycles. The highest BCUT2D eigenvalue weighted by molar-refractivity contribution is 7.17. The van der Waals surface area contributed by atoms with Gasteiger partial charge in [0, 0.05) is 36.9 Å². The van der Waals surface area contributed by atoms with Crippen LogP contribution in [0.1, 0.15) is 18.4 Å². The molecule has 0 saturated carbocycles. The highest BCUT2D eigenvalue weighted by atomic mass is 32.1. The van der Waals surface area contributed by atoms with Crippen molar-refractivity contribution in [1.29, 1.82) is 0 Å². The average Bonchev–Trinajstić information content (AvgIpc) is 3.30. The van der Waals surface area contributed by atoms with Gasteiger partial charge in [0.15, 0.2) is 5.79 Å². The van der Waals surface area contributed by atoms with Gasteiger partial charge in [-0.15, -0.1) is 11.3 Å². The molecule has 2 saturated heterocycles. The Morgan fingerprint density at radius 3 is 2.74 bits per heavy atom. The van der Waals surface area contributed by atoms with E-state index in [2.05, 4.69) is 35.0 Å². The largest absolute Gasteiger partial charge is 0.347 e. The predicted molar refractivity (Wildman–Crippen MR) is 106 cm³/mol. The molecule has 0 unspecified atom stereocenters. The molecule has 0 bridgehead atoms. The van der Waals surface area contributed by atoms with Crippen molar-refractivity contribution in [3.05, 3.63) is 45.6 Å². The summed E-state index contributed by atoms with van der Waals surface area (Å²) in [6.45, 7) is 4.89. The van der Waals surface area contributed by atoms with Gasteiger partial charge >= 0.3 is 0 Å². The minimum absolute atomic E-state index is 0.0763. The first-order chi connectivity index (χ1) is 13.1. The van der Waals surface area contributed by atoms with E-state index in [4.69, 9.17) is 14.5 Å². The lowest BCUT2D eigenvalue weighted by atomic mass is 10.0. The maximum absolute atomic E-state index is 12.6. The molecular formula is C20H21N3O3S. The van der Waals surface area contributed by atoms with Crippen molar-refractivity contribution < 1.29 is 9.47 Å². The molecule has 4 heterocycles. The first-order valence-electron chi connectivity index (χ1n) is 9.25. The van der Waals surface area contributed by atoms with Crippen LogP contribution in [0, 0.1) is 6.92 Å². The molecule has 0 aliphatic carbocycles. The molecule has 1 spiro atoms. The molecule has 2 fully saturated rings. The van der Waals surface area contributed by atoms with Gasteiger partial charge in [-0.05, 0) is 12.5 Å². The van der Waals surface area contributed by atoms with E-state index >= 15 is 0 Å². The van der Waals surface area contributed by atoms with E-state index in [-0.39, 0.29) is 5.56 Å². The van der Waals surface area contributed by atoms with Gasteiger partial charge in [0.2, 0.25) is 5.95 Å². The summed E-state index contributed by atoms with van der Waals surface area (Å²) >= 11 is 1.45. The molecule has 6 nitrogen and oxygen atoms in total. The molecule has 0 atom stereocenters. The zero-order valence-corrected chi connectivity index (χ0v) is 16.0. The molecule has 7 heteroatoms. The van der Waals surface area contributed by atoms with E-state index in [1.54, 1.807) is 0 Å². The number of aryl methyl sites for hydroxylation is 1. The third-order valence-corrected chi connectivity index (χ3v) is 6.35. The number of anilines is 1. The van der Waals surface area contributed by atoms with Gasteiger partial charge in [0.05, 0.1) is 18.7 Å². The van der Waals surface area contributed by atoms with E-state index < -0.39 is 5.79 Å². The van der Waals surface area contributed by atoms with Crippen LogP contribution in [-0.4, -0.2) is 42.1 Å². The fourth-order valence-corrected chi connectivity index (χ4v) is 4.84. The van der Waals surface area contributed by atoms with Gasteiger partial charge in [-0.3, -0.25) is 9.78 Å². The fraction of sp³-hybridized carbons (Fsp3) is 0.400. The van der Waals surface area contributed by atoms with E-state index in [0.29, 0.717) is 23.9 Å². The van der Waals surface area contributed by atoms with Crippen LogP contribution in [0.25, 0.3) is 21.3 Å². The number of fused-ring (bicyclic) bond motifs is 1. The van der Waals surface area contributed by atoms with E-state index in [1.165, 1.54) is 16.9 Å². The van der Waals surface area contributed by atoms with E-state index in [9.17, 15) is 4.79 Å². The Hall–Kier alpha value is -2.22. The number of aromatic amines is 1. The zero-order chi connectivity index (χ0) is 18.4. The van der Waals surface area contributed by atoms with Crippen LogP contribution in [0.5, 0.6) is 0 Å². The Balaban J connectivity index is 1.51. The zero-order valence-electron chi connectivity index (χ0n) is 15.2. The summed E-state index contributed by atoms with van der Waals surface area (Å²) in [4.78, 5) is 22.6. The maximum atomic E-state index is 12.6. The Morgan fingerprint density at radius 1 is 1.22 bits per heavy atom. The van der Waals surface area contributed by atoms with Crippen LogP contribution in [-0.2, 0) is 9.47 Å². The van der Waals surface area contributed by atoms with Gasteiger partial charge in [0.1, 0.15) is 4.70 Å². The van der Waals surface area contributed by atoms with Crippen LogP contribution in [0.4, 0.5) is 5.95 Å². The Morgan fingerprint density at radius 2 is 2.00 bits per heavy atom. The fourth-order valence-electron chi connectivity index (χ4n) is 3.93. The molecular weight excluding hydrogens is 362 g/mol. The minimum Gasteiger partial charge on any atom is -0.347 e. The van der Waals surface area contributed by atoms with Gasteiger partial charge in [-0.2, -0.15) is 0 Å². The van der Waals surface area contributed by atoms with Gasteiger partial charge in [-0.25, -0.2) is 4.98 Å². The quantitative estimate of drug-likeness (QED) is 0.735. The Labute approximate surface area is 160 Å². The van der Waals surface area contributed by atoms with Crippen molar-refractivity contribution in [3.63, 3.8) is 0 Å². The minimum atomic E-state index is -0.435. The highest BCUT2D eigenvalue weighted by Crippen LogP contribution is 2.34. The summed E-state index contributed by atoms with van der Waals surface area (Å²) in [6, 6.07) is 8.30. The number of nitrogens with zero attached hydrogens (tertiary/aromatic N) is 2. The lowest BCUT2D eigenvalue weighted by Crippen LogP contribution is -2.46. The molecule has 1 N–H and O–H groups in total. The number of nitrogens with one attached hydrogen (secondary N) is 1. The summed E-state index contributed by atoms with van der Waals surface area (Å²) in [6.07, 6.45) is 1.56. The van der Waals surface area contributed by atoms with Crippen molar-refractivity contribution in [2.24, 2.45) is 0 Å². The topological polar surface area (TPSA) is 67.5 Å². The highest BCUT2D eigenvalue weighted by Gasteiger charge is 2.40. The first-order valence-corrected chi connectivity index (χ1v) is 10.1. The molecule has 5 rings (SSSR count). The second-order valence-electron chi connectivity index (χ2n) is 7.18. The van der Waals surface area contributed by atoms with Crippen LogP contribution in [0.3, 0.4) is 0 Å². The lowest BCUT2D eigenvalue weighted by Gasteiger charge is -2.37. The van der Waals surface area contributed by atoms with Crippen LogP contribution >= 0.6 is 11.3 Å². The van der Waals surface area contributed by atoms with E-state index in [0.717, 1.165) is 42.6 Å². The molecule has 140 valence electrons. The second kappa shape index (κ2) is 6.44. The predicted octanol–water partition coefficient (Wildman–Crippen LogP) is 3.30. The number of H-pyrrole nitrogens is 1. The number of piperidine rings is 1. The standard InChI is InChI=1S/C20H21N3O3S/c1-13-3-2-4-14(11-13)15-12-27-17-16(15)21-19(22-18(17)24)23-7-5-20(6-8-23)25-9-10-26-20/h2-4,11-12H,5-10H2,1H3,(H,21,22,24). The van der Waals surface area contributed by atoms with Crippen molar-refractivity contribution in [3.8, 4) is 11.1 Å².